The molecular formula is C13H23NO4. The molecule has 0 saturated heterocycles. The van der Waals surface area contributed by atoms with E-state index < -0.39 is 0 Å². The van der Waals surface area contributed by atoms with Crippen molar-refractivity contribution in [2.45, 2.75) is 45.1 Å². The summed E-state index contributed by atoms with van der Waals surface area (Å²) in [6, 6.07) is 0. The second-order valence-electron chi connectivity index (χ2n) is 4.63. The molecule has 1 saturated carbocycles. The minimum atomic E-state index is -0.354. The topological polar surface area (TPSA) is 55.8 Å². The molecule has 104 valence electrons. The van der Waals surface area contributed by atoms with Crippen LogP contribution in [-0.2, 0) is 19.1 Å². The molecule has 18 heavy (non-hydrogen) atoms. The van der Waals surface area contributed by atoms with Gasteiger partial charge >= 0.3 is 5.97 Å². The maximum atomic E-state index is 12.1. The molecule has 0 bridgehead atoms. The zero-order valence-electron chi connectivity index (χ0n) is 11.5. The first-order chi connectivity index (χ1) is 8.56. The monoisotopic (exact) mass is 257 g/mol. The highest BCUT2D eigenvalue weighted by molar-refractivity contribution is 5.82. The lowest BCUT2D eigenvalue weighted by Gasteiger charge is -2.40. The smallest absolute Gasteiger partial charge is 0.325 e. The maximum absolute atomic E-state index is 12.1. The molecule has 0 unspecified atom stereocenters. The Labute approximate surface area is 108 Å². The maximum Gasteiger partial charge on any atom is 0.325 e. The van der Waals surface area contributed by atoms with Gasteiger partial charge in [0.15, 0.2) is 0 Å². The van der Waals surface area contributed by atoms with Crippen molar-refractivity contribution in [2.24, 2.45) is 0 Å². The number of carbonyl (C=O) groups is 2. The summed E-state index contributed by atoms with van der Waals surface area (Å²) in [6.45, 7) is 4.49. The van der Waals surface area contributed by atoms with Crippen LogP contribution in [0, 0.1) is 0 Å². The van der Waals surface area contributed by atoms with E-state index in [2.05, 4.69) is 0 Å². The fraction of sp³-hybridized carbons (Fsp3) is 0.846. The minimum Gasteiger partial charge on any atom is -0.465 e. The SMILES string of the molecule is CCOC(=O)CN(CC)C(=O)CC1(OC)CCC1. The number of methoxy groups -OCH3 is 1. The van der Waals surface area contributed by atoms with Crippen molar-refractivity contribution in [3.8, 4) is 0 Å². The van der Waals surface area contributed by atoms with Crippen molar-refractivity contribution in [3.63, 3.8) is 0 Å². The second kappa shape index (κ2) is 6.73. The van der Waals surface area contributed by atoms with Gasteiger partial charge in [0.1, 0.15) is 6.54 Å². The van der Waals surface area contributed by atoms with Gasteiger partial charge in [-0.05, 0) is 33.1 Å². The van der Waals surface area contributed by atoms with Gasteiger partial charge in [-0.15, -0.1) is 0 Å². The molecule has 0 aromatic rings. The van der Waals surface area contributed by atoms with E-state index in [1.807, 2.05) is 6.92 Å². The lowest BCUT2D eigenvalue weighted by molar-refractivity contribution is -0.153. The van der Waals surface area contributed by atoms with Gasteiger partial charge in [0.2, 0.25) is 5.91 Å². The zero-order chi connectivity index (χ0) is 13.6. The van der Waals surface area contributed by atoms with Crippen molar-refractivity contribution in [1.82, 2.24) is 4.90 Å². The van der Waals surface area contributed by atoms with Gasteiger partial charge in [-0.3, -0.25) is 9.59 Å². The average molecular weight is 257 g/mol. The van der Waals surface area contributed by atoms with Crippen LogP contribution in [0.15, 0.2) is 0 Å². The molecule has 1 aliphatic carbocycles. The highest BCUT2D eigenvalue weighted by Gasteiger charge is 2.40. The Kier molecular flexibility index (Phi) is 5.59. The largest absolute Gasteiger partial charge is 0.465 e. The molecule has 0 aliphatic heterocycles. The van der Waals surface area contributed by atoms with Crippen molar-refractivity contribution < 1.29 is 19.1 Å². The van der Waals surface area contributed by atoms with Crippen LogP contribution in [-0.4, -0.2) is 49.2 Å². The Balaban J connectivity index is 2.48. The number of esters is 1. The van der Waals surface area contributed by atoms with Crippen LogP contribution in [0.1, 0.15) is 39.5 Å². The minimum absolute atomic E-state index is 0.0307. The first-order valence-electron chi connectivity index (χ1n) is 6.55. The third-order valence-electron chi connectivity index (χ3n) is 3.53. The number of carbonyl (C=O) groups excluding carboxylic acids is 2. The summed E-state index contributed by atoms with van der Waals surface area (Å²) in [4.78, 5) is 25.0. The van der Waals surface area contributed by atoms with Crippen molar-refractivity contribution in [3.05, 3.63) is 0 Å². The molecular weight excluding hydrogens is 234 g/mol. The van der Waals surface area contributed by atoms with Crippen LogP contribution >= 0.6 is 0 Å². The van der Waals surface area contributed by atoms with E-state index in [4.69, 9.17) is 9.47 Å². The van der Waals surface area contributed by atoms with Gasteiger partial charge < -0.3 is 14.4 Å². The van der Waals surface area contributed by atoms with Crippen LogP contribution in [0.3, 0.4) is 0 Å². The van der Waals surface area contributed by atoms with Crippen LogP contribution in [0.5, 0.6) is 0 Å². The molecule has 0 atom stereocenters. The van der Waals surface area contributed by atoms with E-state index in [-0.39, 0.29) is 24.0 Å². The summed E-state index contributed by atoms with van der Waals surface area (Å²) in [6.07, 6.45) is 3.31. The van der Waals surface area contributed by atoms with Crippen LogP contribution < -0.4 is 0 Å². The first kappa shape index (κ1) is 15.0. The van der Waals surface area contributed by atoms with Crippen LogP contribution in [0.4, 0.5) is 0 Å². The number of nitrogens with zero attached hydrogens (tertiary/aromatic N) is 1. The van der Waals surface area contributed by atoms with E-state index in [1.54, 1.807) is 14.0 Å². The van der Waals surface area contributed by atoms with Gasteiger partial charge in [0.05, 0.1) is 18.6 Å². The van der Waals surface area contributed by atoms with Gasteiger partial charge in [-0.2, -0.15) is 0 Å². The highest BCUT2D eigenvalue weighted by Crippen LogP contribution is 2.38. The van der Waals surface area contributed by atoms with Gasteiger partial charge in [0, 0.05) is 13.7 Å². The molecule has 5 nitrogen and oxygen atoms in total. The average Bonchev–Trinajstić information content (AvgIpc) is 2.30. The van der Waals surface area contributed by atoms with E-state index in [1.165, 1.54) is 4.90 Å². The number of ether oxygens (including phenoxy) is 2. The Hall–Kier alpha value is -1.10. The van der Waals surface area contributed by atoms with E-state index in [0.717, 1.165) is 19.3 Å². The molecule has 0 heterocycles. The first-order valence-corrected chi connectivity index (χ1v) is 6.55. The Morgan fingerprint density at radius 3 is 2.33 bits per heavy atom. The third kappa shape index (κ3) is 3.70. The van der Waals surface area contributed by atoms with Crippen molar-refractivity contribution >= 4 is 11.9 Å². The van der Waals surface area contributed by atoms with Gasteiger partial charge in [0.25, 0.3) is 0 Å². The predicted molar refractivity (Wildman–Crippen MR) is 67.1 cm³/mol. The Morgan fingerprint density at radius 1 is 1.28 bits per heavy atom. The molecule has 0 spiro atoms. The lowest BCUT2D eigenvalue weighted by Crippen LogP contribution is -2.46. The zero-order valence-corrected chi connectivity index (χ0v) is 11.5. The Morgan fingerprint density at radius 2 is 1.94 bits per heavy atom. The number of amides is 1. The summed E-state index contributed by atoms with van der Waals surface area (Å²) >= 11 is 0. The fourth-order valence-corrected chi connectivity index (χ4v) is 2.15. The summed E-state index contributed by atoms with van der Waals surface area (Å²) in [5, 5.41) is 0. The summed E-state index contributed by atoms with van der Waals surface area (Å²) in [5.74, 6) is -0.389. The molecule has 1 rings (SSSR count). The summed E-state index contributed by atoms with van der Waals surface area (Å²) in [5.41, 5.74) is -0.292. The predicted octanol–water partition coefficient (Wildman–Crippen LogP) is 1.36. The van der Waals surface area contributed by atoms with Crippen LogP contribution in [0.2, 0.25) is 0 Å². The Bertz CT molecular complexity index is 294. The molecule has 5 heteroatoms. The van der Waals surface area contributed by atoms with E-state index in [9.17, 15) is 9.59 Å². The number of hydrogen-bond acceptors (Lipinski definition) is 4. The van der Waals surface area contributed by atoms with Gasteiger partial charge in [-0.1, -0.05) is 0 Å². The molecule has 0 N–H and O–H groups in total. The normalized spacial score (nSPS) is 16.8. The van der Waals surface area contributed by atoms with Gasteiger partial charge in [-0.25, -0.2) is 0 Å². The molecule has 1 amide bonds. The molecule has 0 radical (unpaired) electrons. The standard InChI is InChI=1S/C13H23NO4/c1-4-14(10-12(16)18-5-2)11(15)9-13(17-3)7-6-8-13/h4-10H2,1-3H3. The van der Waals surface area contributed by atoms with E-state index in [0.29, 0.717) is 19.6 Å². The summed E-state index contributed by atoms with van der Waals surface area (Å²) in [7, 11) is 1.65. The van der Waals surface area contributed by atoms with Crippen molar-refractivity contribution in [1.29, 1.82) is 0 Å². The molecule has 0 aromatic carbocycles. The summed E-state index contributed by atoms with van der Waals surface area (Å²) < 4.78 is 10.3. The quantitative estimate of drug-likeness (QED) is 0.646. The van der Waals surface area contributed by atoms with E-state index >= 15 is 0 Å². The number of rotatable bonds is 7. The molecule has 1 fully saturated rings. The molecule has 0 aromatic heterocycles. The van der Waals surface area contributed by atoms with Crippen molar-refractivity contribution in [2.75, 3.05) is 26.8 Å². The van der Waals surface area contributed by atoms with Crippen LogP contribution in [0.25, 0.3) is 0 Å². The third-order valence-corrected chi connectivity index (χ3v) is 3.53. The highest BCUT2D eigenvalue weighted by atomic mass is 16.5. The second-order valence-corrected chi connectivity index (χ2v) is 4.63. The number of likely N-dealkylation sites (N-methyl/N-ethyl adjacent to an activating group) is 1. The molecule has 1 aliphatic rings. The lowest BCUT2D eigenvalue weighted by atomic mass is 9.77. The fourth-order valence-electron chi connectivity index (χ4n) is 2.15. The number of hydrogen-bond donors (Lipinski definition) is 0.